The van der Waals surface area contributed by atoms with E-state index in [9.17, 15) is 8.78 Å². The molecule has 21 heavy (non-hydrogen) atoms. The molecule has 0 fully saturated rings. The van der Waals surface area contributed by atoms with Crippen molar-refractivity contribution in [2.45, 2.75) is 20.4 Å². The van der Waals surface area contributed by atoms with Gasteiger partial charge in [-0.3, -0.25) is 0 Å². The lowest BCUT2D eigenvalue weighted by Gasteiger charge is -2.26. The van der Waals surface area contributed by atoms with Gasteiger partial charge in [0.1, 0.15) is 11.6 Å². The van der Waals surface area contributed by atoms with Gasteiger partial charge in [0, 0.05) is 18.8 Å². The summed E-state index contributed by atoms with van der Waals surface area (Å²) in [7, 11) is 0. The predicted molar refractivity (Wildman–Crippen MR) is 82.9 cm³/mol. The largest absolute Gasteiger partial charge is 0.339 e. The van der Waals surface area contributed by atoms with Crippen LogP contribution in [0, 0.1) is 11.6 Å². The van der Waals surface area contributed by atoms with Gasteiger partial charge in [0.25, 0.3) is 0 Å². The summed E-state index contributed by atoms with van der Waals surface area (Å²) in [6, 6.07) is 11.3. The zero-order chi connectivity index (χ0) is 15.2. The Morgan fingerprint density at radius 1 is 1.05 bits per heavy atom. The quantitative estimate of drug-likeness (QED) is 0.856. The lowest BCUT2D eigenvalue weighted by atomic mass is 10.1. The molecule has 0 radical (unpaired) electrons. The fraction of sp³-hybridized carbons (Fsp3) is 0.294. The topological polar surface area (TPSA) is 15.3 Å². The standard InChI is InChI=1S/C17H20F2N2/c1-3-20-12-13-7-5-10-16(19)17(13)21(4-2)15-9-6-8-14(18)11-15/h5-11,20H,3-4,12H2,1-2H3. The van der Waals surface area contributed by atoms with Crippen molar-refractivity contribution in [3.05, 3.63) is 59.7 Å². The van der Waals surface area contributed by atoms with Gasteiger partial charge in [0.2, 0.25) is 0 Å². The first-order chi connectivity index (χ1) is 10.2. The highest BCUT2D eigenvalue weighted by molar-refractivity contribution is 5.67. The molecule has 1 N–H and O–H groups in total. The van der Waals surface area contributed by atoms with Gasteiger partial charge in [0.15, 0.2) is 0 Å². The van der Waals surface area contributed by atoms with Crippen molar-refractivity contribution in [3.63, 3.8) is 0 Å². The maximum atomic E-state index is 14.3. The van der Waals surface area contributed by atoms with Crippen LogP contribution in [0.15, 0.2) is 42.5 Å². The van der Waals surface area contributed by atoms with Crippen LogP contribution < -0.4 is 10.2 Å². The zero-order valence-electron chi connectivity index (χ0n) is 12.4. The van der Waals surface area contributed by atoms with E-state index >= 15 is 0 Å². The number of nitrogens with one attached hydrogen (secondary N) is 1. The second kappa shape index (κ2) is 7.18. The smallest absolute Gasteiger partial charge is 0.147 e. The van der Waals surface area contributed by atoms with Crippen molar-refractivity contribution < 1.29 is 8.78 Å². The number of benzene rings is 2. The minimum Gasteiger partial charge on any atom is -0.339 e. The van der Waals surface area contributed by atoms with E-state index in [-0.39, 0.29) is 11.6 Å². The lowest BCUT2D eigenvalue weighted by molar-refractivity contribution is 0.617. The number of hydrogen-bond donors (Lipinski definition) is 1. The van der Waals surface area contributed by atoms with E-state index < -0.39 is 0 Å². The molecule has 0 saturated carbocycles. The Morgan fingerprint density at radius 2 is 1.81 bits per heavy atom. The number of nitrogens with zero attached hydrogens (tertiary/aromatic N) is 1. The zero-order valence-corrected chi connectivity index (χ0v) is 12.4. The average molecular weight is 290 g/mol. The Morgan fingerprint density at radius 3 is 2.48 bits per heavy atom. The summed E-state index contributed by atoms with van der Waals surface area (Å²) in [5.74, 6) is -0.618. The first-order valence-electron chi connectivity index (χ1n) is 7.18. The molecule has 0 aliphatic rings. The van der Waals surface area contributed by atoms with Gasteiger partial charge in [-0.1, -0.05) is 25.1 Å². The number of anilines is 2. The third kappa shape index (κ3) is 3.58. The summed E-state index contributed by atoms with van der Waals surface area (Å²) in [5.41, 5.74) is 2.02. The van der Waals surface area contributed by atoms with E-state index in [0.717, 1.165) is 12.1 Å². The third-order valence-electron chi connectivity index (χ3n) is 3.34. The van der Waals surface area contributed by atoms with Crippen LogP contribution in [0.2, 0.25) is 0 Å². The molecular weight excluding hydrogens is 270 g/mol. The van der Waals surface area contributed by atoms with Crippen molar-refractivity contribution in [2.75, 3.05) is 18.0 Å². The minimum atomic E-state index is -0.324. The van der Waals surface area contributed by atoms with Gasteiger partial charge < -0.3 is 10.2 Å². The lowest BCUT2D eigenvalue weighted by Crippen LogP contribution is -2.22. The molecule has 0 spiro atoms. The molecule has 0 heterocycles. The fourth-order valence-corrected chi connectivity index (χ4v) is 2.38. The van der Waals surface area contributed by atoms with E-state index in [1.54, 1.807) is 23.1 Å². The number of para-hydroxylation sites is 1. The van der Waals surface area contributed by atoms with E-state index in [0.29, 0.717) is 24.5 Å². The molecule has 0 aliphatic heterocycles. The maximum absolute atomic E-state index is 14.3. The van der Waals surface area contributed by atoms with Gasteiger partial charge in [-0.25, -0.2) is 8.78 Å². The molecule has 0 aliphatic carbocycles. The molecule has 2 nitrogen and oxygen atoms in total. The molecule has 0 atom stereocenters. The van der Waals surface area contributed by atoms with Gasteiger partial charge in [-0.2, -0.15) is 0 Å². The number of rotatable bonds is 6. The Kier molecular flexibility index (Phi) is 5.28. The maximum Gasteiger partial charge on any atom is 0.147 e. The summed E-state index contributed by atoms with van der Waals surface area (Å²) in [5, 5.41) is 3.21. The Labute approximate surface area is 124 Å². The van der Waals surface area contributed by atoms with Crippen LogP contribution >= 0.6 is 0 Å². The molecular formula is C17H20F2N2. The van der Waals surface area contributed by atoms with Gasteiger partial charge in [0.05, 0.1) is 5.69 Å². The summed E-state index contributed by atoms with van der Waals surface area (Å²) >= 11 is 0. The molecule has 0 bridgehead atoms. The minimum absolute atomic E-state index is 0.295. The second-order valence-electron chi connectivity index (χ2n) is 4.75. The normalized spacial score (nSPS) is 10.7. The predicted octanol–water partition coefficient (Wildman–Crippen LogP) is 4.23. The van der Waals surface area contributed by atoms with Crippen LogP contribution in [-0.4, -0.2) is 13.1 Å². The molecule has 0 amide bonds. The average Bonchev–Trinajstić information content (AvgIpc) is 2.48. The molecule has 0 saturated heterocycles. The Bertz CT molecular complexity index is 599. The Balaban J connectivity index is 2.46. The summed E-state index contributed by atoms with van der Waals surface area (Å²) < 4.78 is 27.8. The van der Waals surface area contributed by atoms with Crippen molar-refractivity contribution in [3.8, 4) is 0 Å². The highest BCUT2D eigenvalue weighted by Gasteiger charge is 2.16. The fourth-order valence-electron chi connectivity index (χ4n) is 2.38. The summed E-state index contributed by atoms with van der Waals surface area (Å²) in [4.78, 5) is 1.80. The highest BCUT2D eigenvalue weighted by atomic mass is 19.1. The van der Waals surface area contributed by atoms with Crippen LogP contribution in [0.5, 0.6) is 0 Å². The van der Waals surface area contributed by atoms with Crippen molar-refractivity contribution >= 4 is 11.4 Å². The number of halogens is 2. The molecule has 2 rings (SSSR count). The second-order valence-corrected chi connectivity index (χ2v) is 4.75. The van der Waals surface area contributed by atoms with Crippen LogP contribution in [0.1, 0.15) is 19.4 Å². The Hall–Kier alpha value is -1.94. The molecule has 4 heteroatoms. The van der Waals surface area contributed by atoms with Crippen LogP contribution in [0.4, 0.5) is 20.2 Å². The highest BCUT2D eigenvalue weighted by Crippen LogP contribution is 2.31. The molecule has 0 unspecified atom stereocenters. The first kappa shape index (κ1) is 15.4. The van der Waals surface area contributed by atoms with Gasteiger partial charge >= 0.3 is 0 Å². The van der Waals surface area contributed by atoms with Gasteiger partial charge in [-0.05, 0) is 43.3 Å². The molecule has 2 aromatic rings. The number of hydrogen-bond acceptors (Lipinski definition) is 2. The third-order valence-corrected chi connectivity index (χ3v) is 3.34. The monoisotopic (exact) mass is 290 g/mol. The van der Waals surface area contributed by atoms with Crippen LogP contribution in [0.3, 0.4) is 0 Å². The molecule has 112 valence electrons. The van der Waals surface area contributed by atoms with E-state index in [1.165, 1.54) is 18.2 Å². The summed E-state index contributed by atoms with van der Waals surface area (Å²) in [6.45, 7) is 5.87. The summed E-state index contributed by atoms with van der Waals surface area (Å²) in [6.07, 6.45) is 0. The van der Waals surface area contributed by atoms with Crippen LogP contribution in [-0.2, 0) is 6.54 Å². The van der Waals surface area contributed by atoms with Crippen molar-refractivity contribution in [1.82, 2.24) is 5.32 Å². The van der Waals surface area contributed by atoms with Crippen molar-refractivity contribution in [1.29, 1.82) is 0 Å². The molecule has 2 aromatic carbocycles. The SMILES string of the molecule is CCNCc1cccc(F)c1N(CC)c1cccc(F)c1. The van der Waals surface area contributed by atoms with E-state index in [4.69, 9.17) is 0 Å². The van der Waals surface area contributed by atoms with Crippen molar-refractivity contribution in [2.24, 2.45) is 0 Å². The van der Waals surface area contributed by atoms with E-state index in [1.807, 2.05) is 19.9 Å². The van der Waals surface area contributed by atoms with Crippen LogP contribution in [0.25, 0.3) is 0 Å². The first-order valence-corrected chi connectivity index (χ1v) is 7.18. The molecule has 0 aromatic heterocycles. The van der Waals surface area contributed by atoms with Gasteiger partial charge in [-0.15, -0.1) is 0 Å². The van der Waals surface area contributed by atoms with E-state index in [2.05, 4.69) is 5.32 Å².